The number of carboxylic acid groups (broad SMARTS) is 1. The molecule has 1 aromatic carbocycles. The SMILES string of the molecule is Cc1c(N)c(C(=O)O)cc(I)c1Br. The molecule has 0 saturated heterocycles. The van der Waals surface area contributed by atoms with Crippen molar-refractivity contribution in [2.75, 3.05) is 5.73 Å². The molecule has 0 radical (unpaired) electrons. The van der Waals surface area contributed by atoms with Gasteiger partial charge in [-0.15, -0.1) is 0 Å². The van der Waals surface area contributed by atoms with E-state index in [4.69, 9.17) is 10.8 Å². The summed E-state index contributed by atoms with van der Waals surface area (Å²) >= 11 is 5.39. The summed E-state index contributed by atoms with van der Waals surface area (Å²) in [7, 11) is 0. The van der Waals surface area contributed by atoms with Crippen molar-refractivity contribution in [1.82, 2.24) is 0 Å². The molecule has 0 aliphatic carbocycles. The maximum absolute atomic E-state index is 10.7. The van der Waals surface area contributed by atoms with E-state index < -0.39 is 5.97 Å². The first-order chi connectivity index (χ1) is 5.95. The second kappa shape index (κ2) is 3.83. The van der Waals surface area contributed by atoms with E-state index in [1.165, 1.54) is 0 Å². The van der Waals surface area contributed by atoms with Gasteiger partial charge in [-0.25, -0.2) is 4.79 Å². The number of carboxylic acids is 1. The van der Waals surface area contributed by atoms with Gasteiger partial charge in [0.25, 0.3) is 0 Å². The number of halogens is 2. The molecule has 0 amide bonds. The smallest absolute Gasteiger partial charge is 0.337 e. The van der Waals surface area contributed by atoms with Crippen LogP contribution in [-0.4, -0.2) is 11.1 Å². The minimum Gasteiger partial charge on any atom is -0.478 e. The Labute approximate surface area is 97.6 Å². The highest BCUT2D eigenvalue weighted by Gasteiger charge is 2.14. The third-order valence-electron chi connectivity index (χ3n) is 1.73. The van der Waals surface area contributed by atoms with Crippen LogP contribution in [0.2, 0.25) is 0 Å². The average molecular weight is 356 g/mol. The quantitative estimate of drug-likeness (QED) is 0.601. The van der Waals surface area contributed by atoms with Gasteiger partial charge in [0, 0.05) is 8.04 Å². The number of anilines is 1. The summed E-state index contributed by atoms with van der Waals surface area (Å²) in [6, 6.07) is 1.55. The van der Waals surface area contributed by atoms with Crippen LogP contribution in [0.1, 0.15) is 15.9 Å². The summed E-state index contributed by atoms with van der Waals surface area (Å²) in [5, 5.41) is 8.81. The van der Waals surface area contributed by atoms with Gasteiger partial charge in [0.15, 0.2) is 0 Å². The Morgan fingerprint density at radius 2 is 2.23 bits per heavy atom. The van der Waals surface area contributed by atoms with Crippen molar-refractivity contribution in [1.29, 1.82) is 0 Å². The van der Waals surface area contributed by atoms with E-state index in [0.29, 0.717) is 5.69 Å². The van der Waals surface area contributed by atoms with Crippen molar-refractivity contribution >= 4 is 50.2 Å². The Morgan fingerprint density at radius 1 is 1.69 bits per heavy atom. The van der Waals surface area contributed by atoms with E-state index in [2.05, 4.69) is 38.5 Å². The maximum atomic E-state index is 10.7. The van der Waals surface area contributed by atoms with Gasteiger partial charge in [0.1, 0.15) is 0 Å². The van der Waals surface area contributed by atoms with Gasteiger partial charge in [-0.05, 0) is 57.1 Å². The highest BCUT2D eigenvalue weighted by atomic mass is 127. The fourth-order valence-corrected chi connectivity index (χ4v) is 1.99. The third kappa shape index (κ3) is 1.96. The standard InChI is InChI=1S/C8H7BrINO2/c1-3-6(9)5(10)2-4(7(3)11)8(12)13/h2H,11H2,1H3,(H,12,13). The normalized spacial score (nSPS) is 10.1. The molecular formula is C8H7BrINO2. The summed E-state index contributed by atoms with van der Waals surface area (Å²) in [5.74, 6) is -0.994. The molecule has 5 heteroatoms. The van der Waals surface area contributed by atoms with Crippen LogP contribution < -0.4 is 5.73 Å². The fraction of sp³-hybridized carbons (Fsp3) is 0.125. The van der Waals surface area contributed by atoms with E-state index in [1.807, 2.05) is 0 Å². The number of hydrogen-bond donors (Lipinski definition) is 2. The second-order valence-electron chi connectivity index (χ2n) is 2.56. The molecule has 1 rings (SSSR count). The molecule has 0 saturated carbocycles. The lowest BCUT2D eigenvalue weighted by molar-refractivity contribution is 0.0698. The molecular weight excluding hydrogens is 349 g/mol. The van der Waals surface area contributed by atoms with Crippen LogP contribution >= 0.6 is 38.5 Å². The maximum Gasteiger partial charge on any atom is 0.337 e. The number of carbonyl (C=O) groups is 1. The van der Waals surface area contributed by atoms with Gasteiger partial charge in [-0.2, -0.15) is 0 Å². The van der Waals surface area contributed by atoms with Crippen LogP contribution in [0.5, 0.6) is 0 Å². The number of hydrogen-bond acceptors (Lipinski definition) is 2. The van der Waals surface area contributed by atoms with Crippen molar-refractivity contribution in [3.8, 4) is 0 Å². The molecule has 0 unspecified atom stereocenters. The molecule has 3 nitrogen and oxygen atoms in total. The van der Waals surface area contributed by atoms with E-state index in [1.54, 1.807) is 13.0 Å². The minimum absolute atomic E-state index is 0.158. The molecule has 0 aromatic heterocycles. The molecule has 0 atom stereocenters. The lowest BCUT2D eigenvalue weighted by atomic mass is 10.1. The molecule has 0 fully saturated rings. The molecule has 0 aliphatic rings. The van der Waals surface area contributed by atoms with Crippen LogP contribution in [0.25, 0.3) is 0 Å². The van der Waals surface area contributed by atoms with E-state index in [9.17, 15) is 4.79 Å². The highest BCUT2D eigenvalue weighted by molar-refractivity contribution is 14.1. The predicted octanol–water partition coefficient (Wildman–Crippen LogP) is 2.64. The molecule has 0 bridgehead atoms. The van der Waals surface area contributed by atoms with Gasteiger partial charge >= 0.3 is 5.97 Å². The minimum atomic E-state index is -0.994. The monoisotopic (exact) mass is 355 g/mol. The van der Waals surface area contributed by atoms with Crippen LogP contribution in [0.15, 0.2) is 10.5 Å². The van der Waals surface area contributed by atoms with E-state index >= 15 is 0 Å². The fourth-order valence-electron chi connectivity index (χ4n) is 0.944. The summed E-state index contributed by atoms with van der Waals surface area (Å²) in [6.07, 6.45) is 0. The molecule has 0 heterocycles. The molecule has 3 N–H and O–H groups in total. The number of aromatic carboxylic acids is 1. The lowest BCUT2D eigenvalue weighted by Crippen LogP contribution is -2.05. The van der Waals surface area contributed by atoms with Crippen LogP contribution in [0, 0.1) is 10.5 Å². The Kier molecular flexibility index (Phi) is 3.18. The van der Waals surface area contributed by atoms with E-state index in [0.717, 1.165) is 13.6 Å². The van der Waals surface area contributed by atoms with Crippen LogP contribution in [-0.2, 0) is 0 Å². The zero-order valence-electron chi connectivity index (χ0n) is 6.77. The first kappa shape index (κ1) is 10.8. The van der Waals surface area contributed by atoms with Crippen molar-refractivity contribution < 1.29 is 9.90 Å². The Balaban J connectivity index is 3.50. The first-order valence-electron chi connectivity index (χ1n) is 3.42. The predicted molar refractivity (Wildman–Crippen MR) is 63.0 cm³/mol. The van der Waals surface area contributed by atoms with Crippen molar-refractivity contribution in [2.45, 2.75) is 6.92 Å². The van der Waals surface area contributed by atoms with Gasteiger partial charge in [-0.3, -0.25) is 0 Å². The topological polar surface area (TPSA) is 63.3 Å². The Morgan fingerprint density at radius 3 is 2.69 bits per heavy atom. The zero-order chi connectivity index (χ0) is 10.2. The summed E-state index contributed by atoms with van der Waals surface area (Å²) in [4.78, 5) is 10.7. The third-order valence-corrected chi connectivity index (χ3v) is 4.35. The number of nitrogen functional groups attached to an aromatic ring is 1. The zero-order valence-corrected chi connectivity index (χ0v) is 10.5. The van der Waals surface area contributed by atoms with E-state index in [-0.39, 0.29) is 5.56 Å². The van der Waals surface area contributed by atoms with Crippen LogP contribution in [0.4, 0.5) is 5.69 Å². The number of benzene rings is 1. The number of nitrogens with two attached hydrogens (primary N) is 1. The molecule has 1 aromatic rings. The lowest BCUT2D eigenvalue weighted by Gasteiger charge is -2.08. The average Bonchev–Trinajstić information content (AvgIpc) is 2.07. The second-order valence-corrected chi connectivity index (χ2v) is 4.52. The summed E-state index contributed by atoms with van der Waals surface area (Å²) in [6.45, 7) is 1.79. The molecule has 0 aliphatic heterocycles. The first-order valence-corrected chi connectivity index (χ1v) is 5.29. The van der Waals surface area contributed by atoms with Crippen molar-refractivity contribution in [3.05, 3.63) is 25.2 Å². The van der Waals surface area contributed by atoms with Crippen LogP contribution in [0.3, 0.4) is 0 Å². The molecule has 13 heavy (non-hydrogen) atoms. The Bertz CT molecular complexity index is 379. The van der Waals surface area contributed by atoms with Gasteiger partial charge in [0.05, 0.1) is 11.3 Å². The Hall–Kier alpha value is -0.300. The van der Waals surface area contributed by atoms with Crippen molar-refractivity contribution in [3.63, 3.8) is 0 Å². The van der Waals surface area contributed by atoms with Gasteiger partial charge < -0.3 is 10.8 Å². The number of rotatable bonds is 1. The summed E-state index contributed by atoms with van der Waals surface area (Å²) < 4.78 is 1.71. The largest absolute Gasteiger partial charge is 0.478 e. The van der Waals surface area contributed by atoms with Gasteiger partial charge in [0.2, 0.25) is 0 Å². The van der Waals surface area contributed by atoms with Gasteiger partial charge in [-0.1, -0.05) is 0 Å². The molecule has 0 spiro atoms. The highest BCUT2D eigenvalue weighted by Crippen LogP contribution is 2.30. The molecule has 70 valence electrons. The van der Waals surface area contributed by atoms with Crippen molar-refractivity contribution in [2.24, 2.45) is 0 Å². The summed E-state index contributed by atoms with van der Waals surface area (Å²) in [5.41, 5.74) is 6.88.